The minimum Gasteiger partial charge on any atom is -0.450 e. The molecule has 0 radical (unpaired) electrons. The predicted octanol–water partition coefficient (Wildman–Crippen LogP) is 3.19. The fourth-order valence-corrected chi connectivity index (χ4v) is 3.30. The molecule has 1 amide bonds. The monoisotopic (exact) mass is 322 g/mol. The van der Waals surface area contributed by atoms with E-state index in [-0.39, 0.29) is 11.5 Å². The van der Waals surface area contributed by atoms with Crippen LogP contribution in [0.3, 0.4) is 0 Å². The molecule has 0 bridgehead atoms. The molecule has 2 fully saturated rings. The molecular formula is C17H23ClN2O2. The van der Waals surface area contributed by atoms with Crippen molar-refractivity contribution in [3.8, 4) is 0 Å². The fourth-order valence-electron chi connectivity index (χ4n) is 3.17. The standard InChI is InChI=1S/C17H23ClN2O2/c1-2-22-16(21)20-10-7-15(11-20)19-12-17(8-9-17)13-3-5-14(18)6-4-13/h3-6,15,19H,2,7-12H2,1H3/t15-/m0/s1. The van der Waals surface area contributed by atoms with Crippen molar-refractivity contribution >= 4 is 17.7 Å². The van der Waals surface area contributed by atoms with Crippen LogP contribution in [0, 0.1) is 0 Å². The van der Waals surface area contributed by atoms with Crippen LogP contribution in [0.5, 0.6) is 0 Å². The number of hydrogen-bond acceptors (Lipinski definition) is 3. The van der Waals surface area contributed by atoms with Crippen LogP contribution in [0.1, 0.15) is 31.7 Å². The summed E-state index contributed by atoms with van der Waals surface area (Å²) < 4.78 is 5.06. The first-order valence-corrected chi connectivity index (χ1v) is 8.42. The normalized spacial score (nSPS) is 22.6. The van der Waals surface area contributed by atoms with Crippen molar-refractivity contribution in [1.82, 2.24) is 10.2 Å². The molecule has 2 aliphatic rings. The highest BCUT2D eigenvalue weighted by molar-refractivity contribution is 6.30. The average molecular weight is 323 g/mol. The Balaban J connectivity index is 1.51. The Hall–Kier alpha value is -1.26. The van der Waals surface area contributed by atoms with Gasteiger partial charge in [-0.25, -0.2) is 4.79 Å². The minimum atomic E-state index is -0.189. The van der Waals surface area contributed by atoms with Crippen LogP contribution in [-0.4, -0.2) is 43.3 Å². The summed E-state index contributed by atoms with van der Waals surface area (Å²) in [5.74, 6) is 0. The molecule has 1 saturated heterocycles. The second kappa shape index (κ2) is 6.47. The maximum absolute atomic E-state index is 11.7. The zero-order valence-electron chi connectivity index (χ0n) is 13.0. The largest absolute Gasteiger partial charge is 0.450 e. The molecule has 1 aromatic rings. The zero-order valence-corrected chi connectivity index (χ0v) is 13.7. The van der Waals surface area contributed by atoms with Gasteiger partial charge in [-0.15, -0.1) is 0 Å². The van der Waals surface area contributed by atoms with Gasteiger partial charge in [-0.2, -0.15) is 0 Å². The van der Waals surface area contributed by atoms with E-state index in [1.54, 1.807) is 4.90 Å². The van der Waals surface area contributed by atoms with Gasteiger partial charge in [0.2, 0.25) is 0 Å². The molecule has 1 aliphatic carbocycles. The lowest BCUT2D eigenvalue weighted by molar-refractivity contribution is 0.115. The quantitative estimate of drug-likeness (QED) is 0.905. The number of benzene rings is 1. The summed E-state index contributed by atoms with van der Waals surface area (Å²) in [4.78, 5) is 13.5. The molecule has 5 heteroatoms. The topological polar surface area (TPSA) is 41.6 Å². The van der Waals surface area contributed by atoms with Crippen LogP contribution in [0.4, 0.5) is 4.79 Å². The summed E-state index contributed by atoms with van der Waals surface area (Å²) in [6.07, 6.45) is 3.24. The van der Waals surface area contributed by atoms with Crippen molar-refractivity contribution in [1.29, 1.82) is 0 Å². The van der Waals surface area contributed by atoms with E-state index in [0.29, 0.717) is 12.6 Å². The lowest BCUT2D eigenvalue weighted by Gasteiger charge is -2.21. The molecule has 0 spiro atoms. The van der Waals surface area contributed by atoms with Gasteiger partial charge in [0, 0.05) is 36.1 Å². The molecular weight excluding hydrogens is 300 g/mol. The van der Waals surface area contributed by atoms with E-state index in [1.807, 2.05) is 19.1 Å². The van der Waals surface area contributed by atoms with Gasteiger partial charge in [-0.3, -0.25) is 0 Å². The predicted molar refractivity (Wildman–Crippen MR) is 87.4 cm³/mol. The lowest BCUT2D eigenvalue weighted by Crippen LogP contribution is -2.39. The Morgan fingerprint density at radius 2 is 2.14 bits per heavy atom. The first kappa shape index (κ1) is 15.6. The van der Waals surface area contributed by atoms with Gasteiger partial charge in [0.1, 0.15) is 0 Å². The number of hydrogen-bond donors (Lipinski definition) is 1. The van der Waals surface area contributed by atoms with E-state index in [9.17, 15) is 4.79 Å². The molecule has 120 valence electrons. The number of rotatable bonds is 5. The number of halogens is 1. The molecule has 1 heterocycles. The number of carbonyl (C=O) groups excluding carboxylic acids is 1. The second-order valence-corrected chi connectivity index (χ2v) is 6.74. The molecule has 1 aromatic carbocycles. The fraction of sp³-hybridized carbons (Fsp3) is 0.588. The van der Waals surface area contributed by atoms with Crippen molar-refractivity contribution in [2.75, 3.05) is 26.2 Å². The summed E-state index contributed by atoms with van der Waals surface area (Å²) in [7, 11) is 0. The van der Waals surface area contributed by atoms with E-state index in [4.69, 9.17) is 16.3 Å². The number of carbonyl (C=O) groups is 1. The Labute approximate surface area is 136 Å². The Kier molecular flexibility index (Phi) is 4.59. The lowest BCUT2D eigenvalue weighted by atomic mass is 9.95. The molecule has 1 N–H and O–H groups in total. The van der Waals surface area contributed by atoms with Gasteiger partial charge in [0.25, 0.3) is 0 Å². The smallest absolute Gasteiger partial charge is 0.409 e. The minimum absolute atomic E-state index is 0.189. The summed E-state index contributed by atoms with van der Waals surface area (Å²) in [6, 6.07) is 8.58. The molecule has 22 heavy (non-hydrogen) atoms. The molecule has 4 nitrogen and oxygen atoms in total. The number of ether oxygens (including phenoxy) is 1. The molecule has 3 rings (SSSR count). The Morgan fingerprint density at radius 1 is 1.41 bits per heavy atom. The van der Waals surface area contributed by atoms with Crippen LogP contribution < -0.4 is 5.32 Å². The number of nitrogens with zero attached hydrogens (tertiary/aromatic N) is 1. The summed E-state index contributed by atoms with van der Waals surface area (Å²) in [5.41, 5.74) is 1.63. The summed E-state index contributed by atoms with van der Waals surface area (Å²) in [5, 5.41) is 4.43. The van der Waals surface area contributed by atoms with Crippen LogP contribution in [0.2, 0.25) is 5.02 Å². The van der Waals surface area contributed by atoms with E-state index in [0.717, 1.165) is 31.1 Å². The van der Waals surface area contributed by atoms with Crippen LogP contribution in [0.25, 0.3) is 0 Å². The molecule has 1 aliphatic heterocycles. The third-order valence-electron chi connectivity index (χ3n) is 4.75. The van der Waals surface area contributed by atoms with Crippen molar-refractivity contribution < 1.29 is 9.53 Å². The number of nitrogens with one attached hydrogen (secondary N) is 1. The Morgan fingerprint density at radius 3 is 2.77 bits per heavy atom. The third kappa shape index (κ3) is 3.39. The highest BCUT2D eigenvalue weighted by Gasteiger charge is 2.44. The highest BCUT2D eigenvalue weighted by atomic mass is 35.5. The second-order valence-electron chi connectivity index (χ2n) is 6.30. The van der Waals surface area contributed by atoms with Crippen LogP contribution in [0.15, 0.2) is 24.3 Å². The van der Waals surface area contributed by atoms with Crippen LogP contribution in [-0.2, 0) is 10.2 Å². The van der Waals surface area contributed by atoms with Gasteiger partial charge < -0.3 is 15.0 Å². The third-order valence-corrected chi connectivity index (χ3v) is 5.01. The number of amides is 1. The zero-order chi connectivity index (χ0) is 15.6. The van der Waals surface area contributed by atoms with E-state index in [2.05, 4.69) is 17.4 Å². The van der Waals surface area contributed by atoms with E-state index in [1.165, 1.54) is 18.4 Å². The Bertz CT molecular complexity index is 528. The molecule has 1 atom stereocenters. The first-order valence-electron chi connectivity index (χ1n) is 8.04. The van der Waals surface area contributed by atoms with Gasteiger partial charge in [0.15, 0.2) is 0 Å². The maximum atomic E-state index is 11.7. The maximum Gasteiger partial charge on any atom is 0.409 e. The van der Waals surface area contributed by atoms with Crippen molar-refractivity contribution in [3.63, 3.8) is 0 Å². The summed E-state index contributed by atoms with van der Waals surface area (Å²) in [6.45, 7) is 4.77. The molecule has 0 unspecified atom stereocenters. The first-order chi connectivity index (χ1) is 10.6. The number of likely N-dealkylation sites (tertiary alicyclic amines) is 1. The SMILES string of the molecule is CCOC(=O)N1CC[C@H](NCC2(c3ccc(Cl)cc3)CC2)C1. The van der Waals surface area contributed by atoms with Gasteiger partial charge in [0.05, 0.1) is 6.61 Å². The van der Waals surface area contributed by atoms with Gasteiger partial charge >= 0.3 is 6.09 Å². The van der Waals surface area contributed by atoms with E-state index < -0.39 is 0 Å². The van der Waals surface area contributed by atoms with Gasteiger partial charge in [-0.1, -0.05) is 23.7 Å². The van der Waals surface area contributed by atoms with E-state index >= 15 is 0 Å². The van der Waals surface area contributed by atoms with Crippen molar-refractivity contribution in [2.24, 2.45) is 0 Å². The molecule has 0 aromatic heterocycles. The van der Waals surface area contributed by atoms with Crippen LogP contribution >= 0.6 is 11.6 Å². The van der Waals surface area contributed by atoms with Crippen molar-refractivity contribution in [2.45, 2.75) is 37.6 Å². The molecule has 1 saturated carbocycles. The summed E-state index contributed by atoms with van der Waals surface area (Å²) >= 11 is 5.97. The average Bonchev–Trinajstić information content (AvgIpc) is 3.15. The van der Waals surface area contributed by atoms with Crippen molar-refractivity contribution in [3.05, 3.63) is 34.9 Å². The highest BCUT2D eigenvalue weighted by Crippen LogP contribution is 2.47. The van der Waals surface area contributed by atoms with Gasteiger partial charge in [-0.05, 0) is 43.9 Å².